The van der Waals surface area contributed by atoms with E-state index in [0.29, 0.717) is 18.8 Å². The molecular weight excluding hydrogens is 424 g/mol. The molecule has 6 fully saturated rings. The third kappa shape index (κ3) is 2.13. The summed E-state index contributed by atoms with van der Waals surface area (Å²) >= 11 is 0. The van der Waals surface area contributed by atoms with Crippen molar-refractivity contribution in [2.24, 2.45) is 22.7 Å². The summed E-state index contributed by atoms with van der Waals surface area (Å²) in [7, 11) is -0.455. The molecule has 32 heavy (non-hydrogen) atoms. The fraction of sp³-hybridized carbons (Fsp3) is 0.840. The summed E-state index contributed by atoms with van der Waals surface area (Å²) in [5.41, 5.74) is -2.37. The van der Waals surface area contributed by atoms with Gasteiger partial charge in [-0.05, 0) is 69.2 Å². The second-order valence-corrected chi connectivity index (χ2v) is 17.0. The van der Waals surface area contributed by atoms with Gasteiger partial charge in [-0.1, -0.05) is 13.0 Å². The minimum absolute atomic E-state index is 0.000857. The molecule has 7 heteroatoms. The van der Waals surface area contributed by atoms with E-state index < -0.39 is 36.8 Å². The molecule has 1 N–H and O–H groups in total. The Kier molecular flexibility index (Phi) is 4.08. The summed E-state index contributed by atoms with van der Waals surface area (Å²) in [6, 6.07) is 0. The normalized spacial score (nSPS) is 53.7. The zero-order valence-electron chi connectivity index (χ0n) is 20.0. The van der Waals surface area contributed by atoms with Crippen LogP contribution in [0.1, 0.15) is 58.3 Å². The molecule has 0 aromatic rings. The summed E-state index contributed by atoms with van der Waals surface area (Å²) in [6.07, 6.45) is 6.55. The van der Waals surface area contributed by atoms with Gasteiger partial charge in [0.15, 0.2) is 31.3 Å². The van der Waals surface area contributed by atoms with Crippen LogP contribution in [-0.2, 0) is 23.5 Å². The van der Waals surface area contributed by atoms with Crippen molar-refractivity contribution in [1.29, 1.82) is 0 Å². The second kappa shape index (κ2) is 6.03. The average molecular weight is 461 g/mol. The van der Waals surface area contributed by atoms with Gasteiger partial charge in [-0.15, -0.1) is 0 Å². The number of aliphatic hydroxyl groups excluding tert-OH is 1. The van der Waals surface area contributed by atoms with Crippen LogP contribution < -0.4 is 0 Å². The van der Waals surface area contributed by atoms with Crippen LogP contribution in [0.15, 0.2) is 11.6 Å². The van der Waals surface area contributed by atoms with E-state index in [0.717, 1.165) is 37.7 Å². The monoisotopic (exact) mass is 460 g/mol. The Morgan fingerprint density at radius 2 is 1.91 bits per heavy atom. The first-order valence-electron chi connectivity index (χ1n) is 12.3. The van der Waals surface area contributed by atoms with Gasteiger partial charge >= 0.3 is 0 Å². The highest BCUT2D eigenvalue weighted by atomic mass is 28.4. The van der Waals surface area contributed by atoms with Crippen molar-refractivity contribution >= 4 is 19.9 Å². The molecule has 7 aliphatic rings. The maximum Gasteiger partial charge on any atom is 0.185 e. The molecule has 0 radical (unpaired) electrons. The maximum atomic E-state index is 14.4. The maximum absolute atomic E-state index is 14.4. The van der Waals surface area contributed by atoms with E-state index in [9.17, 15) is 14.7 Å². The average Bonchev–Trinajstić information content (AvgIpc) is 3.12. The highest BCUT2D eigenvalue weighted by molar-refractivity contribution is 6.69. The Bertz CT molecular complexity index is 955. The predicted molar refractivity (Wildman–Crippen MR) is 119 cm³/mol. The van der Waals surface area contributed by atoms with Crippen molar-refractivity contribution in [1.82, 2.24) is 0 Å². The van der Waals surface area contributed by atoms with Crippen LogP contribution in [0.2, 0.25) is 19.6 Å². The number of hydrogen-bond donors (Lipinski definition) is 1. The van der Waals surface area contributed by atoms with Crippen molar-refractivity contribution in [3.8, 4) is 0 Å². The number of carbonyl (C=O) groups is 2. The molecule has 5 aliphatic carbocycles. The molecule has 8 atom stereocenters. The lowest BCUT2D eigenvalue weighted by atomic mass is 9.42. The molecule has 0 aromatic heterocycles. The van der Waals surface area contributed by atoms with Crippen LogP contribution in [-0.4, -0.2) is 55.2 Å². The largest absolute Gasteiger partial charge is 0.407 e. The summed E-state index contributed by atoms with van der Waals surface area (Å²) < 4.78 is 19.9. The SMILES string of the molecule is CO[C@]12CC[C@@]3(C)[C@H](CC=C4[C@]3(O1)C(=O)C[C@]13C(=O)[C@H](O)C[C@H]1CC[C@]43O[Si](C)(C)C)C2. The molecule has 2 saturated heterocycles. The van der Waals surface area contributed by atoms with E-state index >= 15 is 0 Å². The number of Topliss-reactive ketones (excluding diaryl/α,β-unsaturated/α-hetero) is 2. The Balaban J connectivity index is 1.63. The Morgan fingerprint density at radius 1 is 1.16 bits per heavy atom. The van der Waals surface area contributed by atoms with E-state index in [4.69, 9.17) is 13.9 Å². The molecule has 0 amide bonds. The fourth-order valence-corrected chi connectivity index (χ4v) is 10.5. The summed E-state index contributed by atoms with van der Waals surface area (Å²) in [4.78, 5) is 28.1. The lowest BCUT2D eigenvalue weighted by Gasteiger charge is -2.71. The van der Waals surface area contributed by atoms with Gasteiger partial charge in [0.1, 0.15) is 6.10 Å². The minimum Gasteiger partial charge on any atom is -0.407 e. The van der Waals surface area contributed by atoms with Crippen molar-refractivity contribution < 1.29 is 28.6 Å². The van der Waals surface area contributed by atoms with E-state index in [1.807, 2.05) is 0 Å². The third-order valence-electron chi connectivity index (χ3n) is 10.2. The Hall–Kier alpha value is -0.863. The molecular formula is C25H36O6Si. The lowest BCUT2D eigenvalue weighted by Crippen LogP contribution is -2.79. The molecule has 6 nitrogen and oxygen atoms in total. The molecule has 2 spiro atoms. The van der Waals surface area contributed by atoms with Gasteiger partial charge in [0.25, 0.3) is 0 Å². The molecule has 4 saturated carbocycles. The first-order chi connectivity index (χ1) is 14.9. The van der Waals surface area contributed by atoms with E-state index in [1.165, 1.54) is 0 Å². The number of methoxy groups -OCH3 is 1. The summed E-state index contributed by atoms with van der Waals surface area (Å²) in [6.45, 7) is 8.68. The van der Waals surface area contributed by atoms with E-state index in [-0.39, 0.29) is 29.3 Å². The molecule has 4 bridgehead atoms. The van der Waals surface area contributed by atoms with Crippen molar-refractivity contribution in [3.63, 3.8) is 0 Å². The standard InChI is InChI=1S/C25H36O6Si/c1-21-10-11-22(29-2)13-16(21)6-7-18-24(31-32(3,4)5)9-8-15-12-17(26)20(28)23(15,24)14-19(27)25(18,21)30-22/h7,15-17,26H,6,8-14H2,1-5H3/t15-,16-,17-,21+,22-,23-,24+,25+/m1/s1. The molecule has 0 aromatic carbocycles. The molecule has 176 valence electrons. The highest BCUT2D eigenvalue weighted by Gasteiger charge is 2.83. The van der Waals surface area contributed by atoms with Gasteiger partial charge < -0.3 is 19.0 Å². The van der Waals surface area contributed by atoms with Crippen LogP contribution in [0, 0.1) is 22.7 Å². The van der Waals surface area contributed by atoms with Crippen LogP contribution in [0.4, 0.5) is 0 Å². The van der Waals surface area contributed by atoms with Gasteiger partial charge in [0.2, 0.25) is 0 Å². The van der Waals surface area contributed by atoms with Gasteiger partial charge in [-0.3, -0.25) is 9.59 Å². The molecule has 2 aliphatic heterocycles. The van der Waals surface area contributed by atoms with Gasteiger partial charge in [-0.25, -0.2) is 0 Å². The Morgan fingerprint density at radius 3 is 2.59 bits per heavy atom. The molecule has 0 unspecified atom stereocenters. The number of hydrogen-bond acceptors (Lipinski definition) is 6. The second-order valence-electron chi connectivity index (χ2n) is 12.5. The van der Waals surface area contributed by atoms with Crippen molar-refractivity contribution in [2.75, 3.05) is 7.11 Å². The van der Waals surface area contributed by atoms with Crippen LogP contribution in [0.5, 0.6) is 0 Å². The quantitative estimate of drug-likeness (QED) is 0.513. The van der Waals surface area contributed by atoms with Crippen molar-refractivity contribution in [2.45, 2.75) is 101 Å². The minimum atomic E-state index is -2.14. The highest BCUT2D eigenvalue weighted by Crippen LogP contribution is 2.75. The number of allylic oxidation sites excluding steroid dienone is 1. The number of aliphatic hydroxyl groups is 1. The molecule has 7 rings (SSSR count). The first-order valence-corrected chi connectivity index (χ1v) is 15.7. The van der Waals surface area contributed by atoms with Gasteiger partial charge in [0.05, 0.1) is 11.0 Å². The Labute approximate surface area is 191 Å². The van der Waals surface area contributed by atoms with Gasteiger partial charge in [0, 0.05) is 31.8 Å². The third-order valence-corrected chi connectivity index (χ3v) is 11.2. The zero-order chi connectivity index (χ0) is 22.9. The number of rotatable bonds is 3. The molecule has 2 heterocycles. The van der Waals surface area contributed by atoms with Crippen LogP contribution in [0.25, 0.3) is 0 Å². The summed E-state index contributed by atoms with van der Waals surface area (Å²) in [5, 5.41) is 10.7. The topological polar surface area (TPSA) is 82.1 Å². The number of carbonyl (C=O) groups excluding carboxylic acids is 2. The van der Waals surface area contributed by atoms with E-state index in [1.54, 1.807) is 7.11 Å². The summed E-state index contributed by atoms with van der Waals surface area (Å²) in [5.74, 6) is -0.651. The van der Waals surface area contributed by atoms with E-state index in [2.05, 4.69) is 32.6 Å². The van der Waals surface area contributed by atoms with Gasteiger partial charge in [-0.2, -0.15) is 0 Å². The number of fused-ring (bicyclic) bond motifs is 2. The lowest BCUT2D eigenvalue weighted by molar-refractivity contribution is -0.373. The fourth-order valence-electron chi connectivity index (χ4n) is 9.04. The van der Waals surface area contributed by atoms with Crippen LogP contribution >= 0.6 is 0 Å². The van der Waals surface area contributed by atoms with Crippen molar-refractivity contribution in [3.05, 3.63) is 11.6 Å². The smallest absolute Gasteiger partial charge is 0.185 e. The first kappa shape index (κ1) is 21.7. The predicted octanol–water partition coefficient (Wildman–Crippen LogP) is 3.53. The number of ketones is 2. The zero-order valence-corrected chi connectivity index (χ0v) is 21.0. The van der Waals surface area contributed by atoms with Crippen LogP contribution in [0.3, 0.4) is 0 Å². The number of ether oxygens (including phenoxy) is 2.